The van der Waals surface area contributed by atoms with Gasteiger partial charge in [-0.15, -0.1) is 0 Å². The Labute approximate surface area is 59.8 Å². The predicted octanol–water partition coefficient (Wildman–Crippen LogP) is 1.29. The van der Waals surface area contributed by atoms with Crippen LogP contribution in [0.4, 0.5) is 0 Å². The first-order valence-corrected chi connectivity index (χ1v) is 3.00. The smallest absolute Gasteiger partial charge is 0.186 e. The second-order valence-corrected chi connectivity index (χ2v) is 2.11. The molecule has 0 N–H and O–H groups in total. The van der Waals surface area contributed by atoms with Gasteiger partial charge in [-0.25, -0.2) is 0 Å². The highest BCUT2D eigenvalue weighted by atomic mass is 16.1. The van der Waals surface area contributed by atoms with E-state index in [9.17, 15) is 4.79 Å². The van der Waals surface area contributed by atoms with E-state index in [0.29, 0.717) is 5.57 Å². The number of Topliss-reactive ketones (excluding diaryl/α,β-unsaturated/α-hetero) is 1. The molecule has 0 aromatic rings. The van der Waals surface area contributed by atoms with Gasteiger partial charge in [-0.2, -0.15) is 0 Å². The van der Waals surface area contributed by atoms with Gasteiger partial charge in [0.1, 0.15) is 5.57 Å². The van der Waals surface area contributed by atoms with Crippen molar-refractivity contribution < 1.29 is 4.79 Å². The Morgan fingerprint density at radius 3 is 2.80 bits per heavy atom. The highest BCUT2D eigenvalue weighted by molar-refractivity contribution is 6.13. The summed E-state index contributed by atoms with van der Waals surface area (Å²) in [5.41, 5.74) is 0.674. The number of hydrogen-bond donors (Lipinski definition) is 0. The zero-order chi connectivity index (χ0) is 7.56. The largest absolute Gasteiger partial charge is 0.779 e. The molecule has 0 bridgehead atoms. The van der Waals surface area contributed by atoms with Crippen LogP contribution in [0, 0.1) is 6.42 Å². The molecule has 0 atom stereocenters. The fourth-order valence-electron chi connectivity index (χ4n) is 0.725. The lowest BCUT2D eigenvalue weighted by molar-refractivity contribution is -0.113. The molecular formula is C8H7NO. The van der Waals surface area contributed by atoms with Gasteiger partial charge in [0.05, 0.1) is 0 Å². The summed E-state index contributed by atoms with van der Waals surface area (Å²) < 4.78 is 0. The van der Waals surface area contributed by atoms with Gasteiger partial charge >= 0.3 is 0 Å². The summed E-state index contributed by atoms with van der Waals surface area (Å²) in [4.78, 5) is 10.7. The van der Waals surface area contributed by atoms with Gasteiger partial charge in [0.25, 0.3) is 0 Å². The Bertz CT molecular complexity index is 234. The van der Waals surface area contributed by atoms with E-state index in [1.54, 1.807) is 12.2 Å². The number of allylic oxidation sites excluding steroid dienone is 4. The maximum atomic E-state index is 10.7. The van der Waals surface area contributed by atoms with Crippen LogP contribution < -0.4 is 0 Å². The van der Waals surface area contributed by atoms with Crippen LogP contribution in [0.15, 0.2) is 23.8 Å². The minimum absolute atomic E-state index is 0.0316. The summed E-state index contributed by atoms with van der Waals surface area (Å²) in [5.74, 6) is -0.0316. The van der Waals surface area contributed by atoms with Gasteiger partial charge in [0.15, 0.2) is 5.78 Å². The SMILES string of the molecule is CC(=O)C1=CC(=[N-])[CH+]C=C1. The van der Waals surface area contributed by atoms with E-state index in [4.69, 9.17) is 5.41 Å². The monoisotopic (exact) mass is 133 g/mol. The number of hydrogen-bond acceptors (Lipinski definition) is 1. The average Bonchev–Trinajstić information content (AvgIpc) is 1.88. The minimum Gasteiger partial charge on any atom is -0.779 e. The first-order valence-electron chi connectivity index (χ1n) is 3.00. The molecule has 0 aromatic carbocycles. The van der Waals surface area contributed by atoms with Crippen molar-refractivity contribution in [2.75, 3.05) is 0 Å². The Morgan fingerprint density at radius 1 is 1.70 bits per heavy atom. The van der Waals surface area contributed by atoms with E-state index in [2.05, 4.69) is 0 Å². The highest BCUT2D eigenvalue weighted by Gasteiger charge is 2.08. The van der Waals surface area contributed by atoms with E-state index in [-0.39, 0.29) is 11.5 Å². The standard InChI is InChI=1S/C8H7NO/c1-6(10)7-3-2-4-8(9)5-7/h2-5H,1H3. The van der Waals surface area contributed by atoms with E-state index in [1.807, 2.05) is 0 Å². The summed E-state index contributed by atoms with van der Waals surface area (Å²) >= 11 is 0. The maximum Gasteiger partial charge on any atom is 0.186 e. The minimum atomic E-state index is -0.0316. The van der Waals surface area contributed by atoms with Gasteiger partial charge in [-0.3, -0.25) is 4.79 Å². The Kier molecular flexibility index (Phi) is 1.71. The Balaban J connectivity index is 2.86. The van der Waals surface area contributed by atoms with Crippen molar-refractivity contribution in [1.29, 1.82) is 0 Å². The molecule has 1 rings (SSSR count). The van der Waals surface area contributed by atoms with E-state index in [1.165, 1.54) is 19.4 Å². The van der Waals surface area contributed by atoms with Crippen LogP contribution in [0.3, 0.4) is 0 Å². The molecule has 0 radical (unpaired) electrons. The number of rotatable bonds is 1. The third-order valence-electron chi connectivity index (χ3n) is 1.25. The molecule has 0 aliphatic heterocycles. The molecule has 0 unspecified atom stereocenters. The van der Waals surface area contributed by atoms with Gasteiger partial charge < -0.3 is 5.41 Å². The fraction of sp³-hybridized carbons (Fsp3) is 0.125. The molecule has 1 aliphatic rings. The predicted molar refractivity (Wildman–Crippen MR) is 40.6 cm³/mol. The third-order valence-corrected chi connectivity index (χ3v) is 1.25. The molecule has 10 heavy (non-hydrogen) atoms. The molecule has 0 heterocycles. The van der Waals surface area contributed by atoms with Gasteiger partial charge in [-0.1, -0.05) is 0 Å². The van der Waals surface area contributed by atoms with Crippen LogP contribution in [0.25, 0.3) is 5.41 Å². The highest BCUT2D eigenvalue weighted by Crippen LogP contribution is 2.06. The second-order valence-electron chi connectivity index (χ2n) is 2.11. The van der Waals surface area contributed by atoms with E-state index < -0.39 is 0 Å². The van der Waals surface area contributed by atoms with Crippen LogP contribution in [0.5, 0.6) is 0 Å². The van der Waals surface area contributed by atoms with Gasteiger partial charge in [-0.05, 0) is 5.71 Å². The first kappa shape index (κ1) is 6.81. The number of carbonyl (C=O) groups excluding carboxylic acids is 1. The second kappa shape index (κ2) is 2.52. The lowest BCUT2D eigenvalue weighted by Gasteiger charge is -2.00. The average molecular weight is 133 g/mol. The van der Waals surface area contributed by atoms with Crippen molar-refractivity contribution in [2.45, 2.75) is 6.92 Å². The Morgan fingerprint density at radius 2 is 2.40 bits per heavy atom. The maximum absolute atomic E-state index is 10.7. The summed E-state index contributed by atoms with van der Waals surface area (Å²) in [6.07, 6.45) is 6.29. The van der Waals surface area contributed by atoms with Gasteiger partial charge in [0, 0.05) is 31.6 Å². The van der Waals surface area contributed by atoms with Crippen molar-refractivity contribution in [3.05, 3.63) is 35.6 Å². The molecule has 50 valence electrons. The summed E-state index contributed by atoms with van der Waals surface area (Å²) in [6.45, 7) is 1.47. The lowest BCUT2D eigenvalue weighted by Crippen LogP contribution is -2.02. The topological polar surface area (TPSA) is 39.4 Å². The van der Waals surface area contributed by atoms with Crippen LogP contribution in [0.1, 0.15) is 6.92 Å². The fourth-order valence-corrected chi connectivity index (χ4v) is 0.725. The van der Waals surface area contributed by atoms with E-state index in [0.717, 1.165) is 0 Å². The van der Waals surface area contributed by atoms with Crippen LogP contribution in [-0.4, -0.2) is 11.5 Å². The summed E-state index contributed by atoms with van der Waals surface area (Å²) in [6, 6.07) is 0. The van der Waals surface area contributed by atoms with Gasteiger partial charge in [0.2, 0.25) is 0 Å². The van der Waals surface area contributed by atoms with Crippen molar-refractivity contribution >= 4 is 11.5 Å². The lowest BCUT2D eigenvalue weighted by atomic mass is 10.0. The Hall–Kier alpha value is -1.31. The molecule has 0 fully saturated rings. The number of ketones is 1. The molecule has 0 saturated heterocycles. The molecule has 2 heteroatoms. The van der Waals surface area contributed by atoms with E-state index >= 15 is 0 Å². The zero-order valence-corrected chi connectivity index (χ0v) is 5.66. The number of nitrogens with zero attached hydrogens (tertiary/aromatic N) is 1. The van der Waals surface area contributed by atoms with Crippen molar-refractivity contribution in [2.24, 2.45) is 0 Å². The molecule has 0 spiro atoms. The molecule has 0 saturated carbocycles. The summed E-state index contributed by atoms with van der Waals surface area (Å²) in [5, 5.41) is 8.91. The number of carbonyl (C=O) groups is 1. The van der Waals surface area contributed by atoms with Crippen molar-refractivity contribution in [3.8, 4) is 0 Å². The van der Waals surface area contributed by atoms with Crippen LogP contribution >= 0.6 is 0 Å². The quantitative estimate of drug-likeness (QED) is 0.497. The van der Waals surface area contributed by atoms with Crippen LogP contribution in [0.2, 0.25) is 0 Å². The molecule has 1 aliphatic carbocycles. The van der Waals surface area contributed by atoms with Crippen LogP contribution in [-0.2, 0) is 4.79 Å². The zero-order valence-electron chi connectivity index (χ0n) is 5.66. The van der Waals surface area contributed by atoms with Crippen molar-refractivity contribution in [3.63, 3.8) is 0 Å². The molecule has 0 amide bonds. The normalized spacial score (nSPS) is 16.1. The third kappa shape index (κ3) is 1.35. The summed E-state index contributed by atoms with van der Waals surface area (Å²) in [7, 11) is 0. The first-order chi connectivity index (χ1) is 4.70. The molecule has 2 nitrogen and oxygen atoms in total. The van der Waals surface area contributed by atoms with Crippen molar-refractivity contribution in [1.82, 2.24) is 0 Å². The molecular weight excluding hydrogens is 126 g/mol. The molecule has 0 aromatic heterocycles.